The Balaban J connectivity index is -0.0000000800. The first-order valence-electron chi connectivity index (χ1n) is 0.882. The van der Waals surface area contributed by atoms with E-state index in [1.54, 1.807) is 0 Å². The summed E-state index contributed by atoms with van der Waals surface area (Å²) in [5, 5.41) is 7.30. The van der Waals surface area contributed by atoms with Crippen molar-refractivity contribution in [1.82, 2.24) is 0 Å². The van der Waals surface area contributed by atoms with E-state index in [0.717, 1.165) is 0 Å². The first-order valence-corrected chi connectivity index (χ1v) is 0.882. The molecule has 0 saturated heterocycles. The summed E-state index contributed by atoms with van der Waals surface area (Å²) in [7, 11) is 0. The van der Waals surface area contributed by atoms with Crippen molar-refractivity contribution in [3.05, 3.63) is 0 Å². The third-order valence-electron chi connectivity index (χ3n) is 0.0873. The Morgan fingerprint density at radius 2 is 1.71 bits per heavy atom. The summed E-state index contributed by atoms with van der Waals surface area (Å²) in [4.78, 5) is 17.7. The van der Waals surface area contributed by atoms with Crippen LogP contribution in [0.1, 0.15) is 0 Å². The molecule has 0 aliphatic heterocycles. The minimum atomic E-state index is -1.55. The van der Waals surface area contributed by atoms with Crippen LogP contribution in [0, 0.1) is 0 Å². The quantitative estimate of drug-likeness (QED) is 0.499. The molecule has 0 fully saturated rings. The van der Waals surface area contributed by atoms with E-state index in [2.05, 4.69) is 0 Å². The Kier molecular flexibility index (Phi) is 22.4. The summed E-state index contributed by atoms with van der Waals surface area (Å²) in [5.41, 5.74) is 0. The van der Waals surface area contributed by atoms with Crippen LogP contribution < -0.4 is 0 Å². The predicted molar refractivity (Wildman–Crippen MR) is 13.3 cm³/mol. The van der Waals surface area contributed by atoms with Crippen LogP contribution in [-0.2, 0) is 63.4 Å². The molecule has 1 radical (unpaired) electrons. The molecule has 0 amide bonds. The van der Waals surface area contributed by atoms with Crippen LogP contribution in [0.15, 0.2) is 0 Å². The summed E-state index contributed by atoms with van der Waals surface area (Å²) in [6, 6.07) is 0. The zero-order valence-corrected chi connectivity index (χ0v) is 9.02. The molecule has 0 aromatic rings. The molecule has 0 aliphatic rings. The maximum absolute atomic E-state index is 8.94. The van der Waals surface area contributed by atoms with Crippen molar-refractivity contribution >= 4 is 12.3 Å². The second-order valence-electron chi connectivity index (χ2n) is 0.407. The second kappa shape index (κ2) is 10.0. The molecule has 0 aromatic heterocycles. The van der Waals surface area contributed by atoms with E-state index >= 15 is 0 Å². The standard InChI is InChI=1S/C2HO3.W.Y/c3-1-2(4)5;;/h(H,4,5);;/q-1;;. The number of rotatable bonds is 1. The molecule has 3 nitrogen and oxygen atoms in total. The van der Waals surface area contributed by atoms with Crippen LogP contribution in [0.5, 0.6) is 0 Å². The molecule has 0 spiro atoms. The molecule has 0 heterocycles. The Labute approximate surface area is 80.0 Å². The van der Waals surface area contributed by atoms with Gasteiger partial charge in [-0.15, -0.1) is 0 Å². The van der Waals surface area contributed by atoms with Crippen LogP contribution in [-0.4, -0.2) is 17.4 Å². The maximum Gasteiger partial charge on any atom is 0.180 e. The number of carboxylic acids is 1. The topological polar surface area (TPSA) is 54.4 Å². The van der Waals surface area contributed by atoms with Gasteiger partial charge in [-0.25, -0.2) is 0 Å². The molecule has 0 saturated carbocycles. The van der Waals surface area contributed by atoms with Crippen LogP contribution >= 0.6 is 0 Å². The van der Waals surface area contributed by atoms with E-state index in [1.807, 2.05) is 0 Å². The summed E-state index contributed by atoms with van der Waals surface area (Å²) in [5.74, 6) is -1.55. The summed E-state index contributed by atoms with van der Waals surface area (Å²) in [6.45, 7) is 0. The van der Waals surface area contributed by atoms with Gasteiger partial charge in [-0.05, 0) is 0 Å². The third-order valence-corrected chi connectivity index (χ3v) is 0.0873. The van der Waals surface area contributed by atoms with Gasteiger partial charge in [-0.3, -0.25) is 4.79 Å². The minimum absolute atomic E-state index is 0. The molecule has 0 aromatic carbocycles. The van der Waals surface area contributed by atoms with E-state index in [1.165, 1.54) is 0 Å². The Morgan fingerprint density at radius 3 is 1.71 bits per heavy atom. The molecule has 0 atom stereocenters. The van der Waals surface area contributed by atoms with Crippen molar-refractivity contribution in [3.63, 3.8) is 0 Å². The monoisotopic (exact) mass is 346 g/mol. The average molecular weight is 346 g/mol. The number of carbonyl (C=O) groups excluding carboxylic acids is 1. The van der Waals surface area contributed by atoms with Gasteiger partial charge in [0.05, 0.1) is 0 Å². The Hall–Kier alpha value is 0.932. The molecule has 0 bridgehead atoms. The molecular formula is C2HO3WY-. The van der Waals surface area contributed by atoms with Crippen molar-refractivity contribution in [2.75, 3.05) is 0 Å². The van der Waals surface area contributed by atoms with Crippen LogP contribution in [0.2, 0.25) is 0 Å². The van der Waals surface area contributed by atoms with Gasteiger partial charge in [0.2, 0.25) is 0 Å². The Morgan fingerprint density at radius 1 is 1.57 bits per heavy atom. The van der Waals surface area contributed by atoms with Crippen molar-refractivity contribution in [1.29, 1.82) is 0 Å². The molecule has 37 valence electrons. The van der Waals surface area contributed by atoms with Gasteiger partial charge in [0.1, 0.15) is 0 Å². The first kappa shape index (κ1) is 15.7. The number of aliphatic carboxylic acids is 1. The summed E-state index contributed by atoms with van der Waals surface area (Å²) in [6.07, 6.45) is 0.694. The molecule has 7 heavy (non-hydrogen) atoms. The zero-order valence-electron chi connectivity index (χ0n) is 3.25. The van der Waals surface area contributed by atoms with Gasteiger partial charge >= 0.3 is 0 Å². The predicted octanol–water partition coefficient (Wildman–Crippen LogP) is -0.824. The fraction of sp³-hybridized carbons (Fsp3) is 0. The maximum atomic E-state index is 8.94. The van der Waals surface area contributed by atoms with Crippen LogP contribution in [0.3, 0.4) is 0 Å². The third kappa shape index (κ3) is 19.6. The zero-order chi connectivity index (χ0) is 4.28. The fourth-order valence-electron chi connectivity index (χ4n) is 0. The van der Waals surface area contributed by atoms with Crippen molar-refractivity contribution in [2.24, 2.45) is 0 Å². The van der Waals surface area contributed by atoms with Gasteiger partial charge in [-0.2, -0.15) is 6.29 Å². The van der Waals surface area contributed by atoms with Gasteiger partial charge in [0, 0.05) is 53.8 Å². The summed E-state index contributed by atoms with van der Waals surface area (Å²) < 4.78 is 0. The van der Waals surface area contributed by atoms with Gasteiger partial charge in [0.25, 0.3) is 0 Å². The van der Waals surface area contributed by atoms with Gasteiger partial charge < -0.3 is 9.90 Å². The molecule has 0 unspecified atom stereocenters. The SMILES string of the molecule is O=[C-]C(=O)O.[W].[Y]. The number of hydrogen-bond acceptors (Lipinski definition) is 2. The molecule has 5 heteroatoms. The van der Waals surface area contributed by atoms with Gasteiger partial charge in [0.15, 0.2) is 5.97 Å². The number of carbonyl (C=O) groups is 1. The molecule has 0 rings (SSSR count). The van der Waals surface area contributed by atoms with Crippen LogP contribution in [0.25, 0.3) is 0 Å². The first-order chi connectivity index (χ1) is 2.27. The number of carboxylic acid groups (broad SMARTS) is 1. The van der Waals surface area contributed by atoms with E-state index in [-0.39, 0.29) is 53.8 Å². The largest absolute Gasteiger partial charge is 0.531 e. The van der Waals surface area contributed by atoms with Gasteiger partial charge in [-0.1, -0.05) is 0 Å². The number of hydrogen-bond donors (Lipinski definition) is 1. The van der Waals surface area contributed by atoms with Crippen molar-refractivity contribution in [3.8, 4) is 0 Å². The van der Waals surface area contributed by atoms with Crippen molar-refractivity contribution < 1.29 is 68.5 Å². The average Bonchev–Trinajstić information content (AvgIpc) is 1.38. The Bertz CT molecular complexity index is 64.0. The second-order valence-corrected chi connectivity index (χ2v) is 0.407. The van der Waals surface area contributed by atoms with Crippen molar-refractivity contribution in [2.45, 2.75) is 0 Å². The van der Waals surface area contributed by atoms with E-state index in [9.17, 15) is 0 Å². The molecule has 1 N–H and O–H groups in total. The smallest absolute Gasteiger partial charge is 0.180 e. The van der Waals surface area contributed by atoms with E-state index < -0.39 is 5.97 Å². The normalized spacial score (nSPS) is 4.57. The molecule has 0 aliphatic carbocycles. The molecular weight excluding hydrogens is 345 g/mol. The minimum Gasteiger partial charge on any atom is -0.531 e. The van der Waals surface area contributed by atoms with Crippen LogP contribution in [0.4, 0.5) is 0 Å². The fourth-order valence-corrected chi connectivity index (χ4v) is 0. The summed E-state index contributed by atoms with van der Waals surface area (Å²) >= 11 is 0. The van der Waals surface area contributed by atoms with E-state index in [4.69, 9.17) is 14.7 Å². The van der Waals surface area contributed by atoms with E-state index in [0.29, 0.717) is 6.29 Å².